The van der Waals surface area contributed by atoms with Crippen molar-refractivity contribution in [3.05, 3.63) is 57.5 Å². The van der Waals surface area contributed by atoms with Crippen molar-refractivity contribution in [1.82, 2.24) is 0 Å². The van der Waals surface area contributed by atoms with E-state index in [4.69, 9.17) is 4.42 Å². The van der Waals surface area contributed by atoms with Crippen molar-refractivity contribution in [3.63, 3.8) is 0 Å². The van der Waals surface area contributed by atoms with Gasteiger partial charge in [0.2, 0.25) is 0 Å². The molecule has 0 atom stereocenters. The molecule has 1 heterocycles. The van der Waals surface area contributed by atoms with E-state index in [1.165, 1.54) is 0 Å². The number of nitrogens with zero attached hydrogens (tertiary/aromatic N) is 1. The predicted octanol–water partition coefficient (Wildman–Crippen LogP) is 3.42. The molecule has 0 radical (unpaired) electrons. The van der Waals surface area contributed by atoms with E-state index in [0.29, 0.717) is 12.1 Å². The SMILES string of the molecule is Cc1cc(C)c([N+](=O)[O-])cc1NCc1ccoc1. The minimum absolute atomic E-state index is 0.135. The van der Waals surface area contributed by atoms with Crippen molar-refractivity contribution in [2.24, 2.45) is 0 Å². The first-order valence-electron chi connectivity index (χ1n) is 5.58. The lowest BCUT2D eigenvalue weighted by atomic mass is 10.1. The van der Waals surface area contributed by atoms with Crippen LogP contribution in [-0.2, 0) is 6.54 Å². The Bertz CT molecular complexity index is 562. The minimum Gasteiger partial charge on any atom is -0.472 e. The largest absolute Gasteiger partial charge is 0.472 e. The van der Waals surface area contributed by atoms with E-state index in [2.05, 4.69) is 5.32 Å². The number of furan rings is 1. The quantitative estimate of drug-likeness (QED) is 0.663. The number of rotatable bonds is 4. The van der Waals surface area contributed by atoms with Crippen LogP contribution in [0.15, 0.2) is 35.1 Å². The van der Waals surface area contributed by atoms with Gasteiger partial charge in [-0.1, -0.05) is 0 Å². The van der Waals surface area contributed by atoms with E-state index in [9.17, 15) is 10.1 Å². The van der Waals surface area contributed by atoms with Crippen LogP contribution in [-0.4, -0.2) is 4.92 Å². The summed E-state index contributed by atoms with van der Waals surface area (Å²) in [6.45, 7) is 4.25. The van der Waals surface area contributed by atoms with Gasteiger partial charge in [-0.25, -0.2) is 0 Å². The zero-order valence-corrected chi connectivity index (χ0v) is 10.3. The summed E-state index contributed by atoms with van der Waals surface area (Å²) in [6.07, 6.45) is 3.24. The van der Waals surface area contributed by atoms with E-state index < -0.39 is 0 Å². The van der Waals surface area contributed by atoms with E-state index >= 15 is 0 Å². The Morgan fingerprint density at radius 1 is 1.33 bits per heavy atom. The lowest BCUT2D eigenvalue weighted by Gasteiger charge is -2.09. The van der Waals surface area contributed by atoms with E-state index in [-0.39, 0.29) is 10.6 Å². The molecule has 1 aromatic carbocycles. The first-order valence-corrected chi connectivity index (χ1v) is 5.58. The van der Waals surface area contributed by atoms with Crippen LogP contribution in [0.1, 0.15) is 16.7 Å². The second-order valence-electron chi connectivity index (χ2n) is 4.20. The zero-order valence-electron chi connectivity index (χ0n) is 10.3. The van der Waals surface area contributed by atoms with Gasteiger partial charge in [-0.15, -0.1) is 0 Å². The molecule has 5 heteroatoms. The number of aryl methyl sites for hydroxylation is 2. The molecule has 1 N–H and O–H groups in total. The Morgan fingerprint density at radius 3 is 2.72 bits per heavy atom. The summed E-state index contributed by atoms with van der Waals surface area (Å²) < 4.78 is 4.97. The van der Waals surface area contributed by atoms with Crippen LogP contribution in [0.25, 0.3) is 0 Å². The first kappa shape index (κ1) is 12.2. The van der Waals surface area contributed by atoms with Crippen LogP contribution in [0.3, 0.4) is 0 Å². The summed E-state index contributed by atoms with van der Waals surface area (Å²) in [5.74, 6) is 0. The monoisotopic (exact) mass is 246 g/mol. The molecule has 1 aromatic heterocycles. The fourth-order valence-electron chi connectivity index (χ4n) is 1.82. The molecule has 0 saturated carbocycles. The summed E-state index contributed by atoms with van der Waals surface area (Å²) >= 11 is 0. The van der Waals surface area contributed by atoms with E-state index in [0.717, 1.165) is 16.8 Å². The highest BCUT2D eigenvalue weighted by Crippen LogP contribution is 2.26. The molecule has 0 aliphatic rings. The smallest absolute Gasteiger partial charge is 0.274 e. The van der Waals surface area contributed by atoms with Gasteiger partial charge in [0.15, 0.2) is 0 Å². The zero-order chi connectivity index (χ0) is 13.1. The van der Waals surface area contributed by atoms with E-state index in [1.807, 2.05) is 19.1 Å². The van der Waals surface area contributed by atoms with Crippen LogP contribution in [0.4, 0.5) is 11.4 Å². The molecule has 0 amide bonds. The highest BCUT2D eigenvalue weighted by molar-refractivity contribution is 5.60. The van der Waals surface area contributed by atoms with Gasteiger partial charge < -0.3 is 9.73 Å². The van der Waals surface area contributed by atoms with Gasteiger partial charge in [0.1, 0.15) is 0 Å². The van der Waals surface area contributed by atoms with Crippen molar-refractivity contribution >= 4 is 11.4 Å². The van der Waals surface area contributed by atoms with E-state index in [1.54, 1.807) is 25.5 Å². The van der Waals surface area contributed by atoms with Gasteiger partial charge in [0.05, 0.1) is 17.4 Å². The van der Waals surface area contributed by atoms with Crippen LogP contribution in [0.2, 0.25) is 0 Å². The van der Waals surface area contributed by atoms with Gasteiger partial charge >= 0.3 is 0 Å². The van der Waals surface area contributed by atoms with Crippen LogP contribution >= 0.6 is 0 Å². The predicted molar refractivity (Wildman–Crippen MR) is 68.6 cm³/mol. The van der Waals surface area contributed by atoms with Crippen molar-refractivity contribution in [2.45, 2.75) is 20.4 Å². The molecule has 94 valence electrons. The number of anilines is 1. The topological polar surface area (TPSA) is 68.3 Å². The molecule has 2 aromatic rings. The van der Waals surface area contributed by atoms with Crippen molar-refractivity contribution < 1.29 is 9.34 Å². The molecule has 0 bridgehead atoms. The minimum atomic E-state index is -0.363. The number of benzene rings is 1. The van der Waals surface area contributed by atoms with Gasteiger partial charge in [0, 0.05) is 29.4 Å². The second-order valence-corrected chi connectivity index (χ2v) is 4.20. The number of hydrogen-bond donors (Lipinski definition) is 1. The third-order valence-electron chi connectivity index (χ3n) is 2.80. The summed E-state index contributed by atoms with van der Waals surface area (Å²) in [6, 6.07) is 5.24. The Balaban J connectivity index is 2.22. The molecule has 0 spiro atoms. The van der Waals surface area contributed by atoms with Crippen molar-refractivity contribution in [1.29, 1.82) is 0 Å². The van der Waals surface area contributed by atoms with Gasteiger partial charge in [-0.05, 0) is 31.5 Å². The maximum atomic E-state index is 10.9. The molecule has 18 heavy (non-hydrogen) atoms. The maximum Gasteiger partial charge on any atom is 0.274 e. The number of nitrogens with one attached hydrogen (secondary N) is 1. The Kier molecular flexibility index (Phi) is 3.32. The van der Waals surface area contributed by atoms with Crippen LogP contribution in [0.5, 0.6) is 0 Å². The molecule has 2 rings (SSSR count). The summed E-state index contributed by atoms with van der Waals surface area (Å²) in [7, 11) is 0. The number of nitro groups is 1. The lowest BCUT2D eigenvalue weighted by molar-refractivity contribution is -0.385. The lowest BCUT2D eigenvalue weighted by Crippen LogP contribution is -2.02. The van der Waals surface area contributed by atoms with Gasteiger partial charge in [-0.2, -0.15) is 0 Å². The average Bonchev–Trinajstić information content (AvgIpc) is 2.80. The van der Waals surface area contributed by atoms with Gasteiger partial charge in [-0.3, -0.25) is 10.1 Å². The fourth-order valence-corrected chi connectivity index (χ4v) is 1.82. The fraction of sp³-hybridized carbons (Fsp3) is 0.231. The molecule has 0 aliphatic heterocycles. The Labute approximate surface area is 105 Å². The molecule has 0 unspecified atom stereocenters. The second kappa shape index (κ2) is 4.91. The molecular weight excluding hydrogens is 232 g/mol. The van der Waals surface area contributed by atoms with Crippen molar-refractivity contribution in [3.8, 4) is 0 Å². The highest BCUT2D eigenvalue weighted by atomic mass is 16.6. The molecule has 0 aliphatic carbocycles. The van der Waals surface area contributed by atoms with Crippen LogP contribution in [0, 0.1) is 24.0 Å². The normalized spacial score (nSPS) is 10.3. The molecule has 5 nitrogen and oxygen atoms in total. The number of nitro benzene ring substituents is 1. The Hall–Kier alpha value is -2.30. The summed E-state index contributed by atoms with van der Waals surface area (Å²) in [5.41, 5.74) is 3.56. The molecular formula is C13H14N2O3. The highest BCUT2D eigenvalue weighted by Gasteiger charge is 2.13. The van der Waals surface area contributed by atoms with Crippen LogP contribution < -0.4 is 5.32 Å². The van der Waals surface area contributed by atoms with Crippen molar-refractivity contribution in [2.75, 3.05) is 5.32 Å². The summed E-state index contributed by atoms with van der Waals surface area (Å²) in [5, 5.41) is 14.1. The first-order chi connectivity index (χ1) is 8.58. The summed E-state index contributed by atoms with van der Waals surface area (Å²) in [4.78, 5) is 10.5. The molecule has 0 fully saturated rings. The maximum absolute atomic E-state index is 10.9. The number of hydrogen-bond acceptors (Lipinski definition) is 4. The average molecular weight is 246 g/mol. The third kappa shape index (κ3) is 2.51. The van der Waals surface area contributed by atoms with Gasteiger partial charge in [0.25, 0.3) is 5.69 Å². The third-order valence-corrected chi connectivity index (χ3v) is 2.80. The molecule has 0 saturated heterocycles. The standard InChI is InChI=1S/C13H14N2O3/c1-9-5-10(2)13(15(16)17)6-12(9)14-7-11-3-4-18-8-11/h3-6,8,14H,7H2,1-2H3. The Morgan fingerprint density at radius 2 is 2.11 bits per heavy atom.